The fraction of sp³-hybridized carbons (Fsp3) is 0.176. The molecule has 0 radical (unpaired) electrons. The van der Waals surface area contributed by atoms with Crippen molar-refractivity contribution >= 4 is 12.0 Å². The van der Waals surface area contributed by atoms with Gasteiger partial charge in [0.15, 0.2) is 0 Å². The minimum atomic E-state index is -1.15. The molecule has 0 aliphatic rings. The molecule has 0 unspecified atom stereocenters. The Labute approximate surface area is 152 Å². The number of carbonyl (C=O) groups excluding carboxylic acids is 1. The van der Waals surface area contributed by atoms with E-state index >= 15 is 0 Å². The van der Waals surface area contributed by atoms with Crippen molar-refractivity contribution in [3.05, 3.63) is 64.9 Å². The van der Waals surface area contributed by atoms with E-state index in [1.54, 1.807) is 19.4 Å². The molecule has 0 amide bonds. The van der Waals surface area contributed by atoms with Crippen molar-refractivity contribution in [2.45, 2.75) is 13.3 Å². The van der Waals surface area contributed by atoms with Crippen LogP contribution in [0.5, 0.6) is 5.88 Å². The van der Waals surface area contributed by atoms with Crippen LogP contribution in [0.15, 0.2) is 48.2 Å². The second-order valence-electron chi connectivity index (χ2n) is 4.70. The summed E-state index contributed by atoms with van der Waals surface area (Å²) in [7, 11) is 1.60. The zero-order valence-corrected chi connectivity index (χ0v) is 15.0. The van der Waals surface area contributed by atoms with Crippen molar-refractivity contribution in [3.8, 4) is 5.88 Å². The van der Waals surface area contributed by atoms with E-state index in [9.17, 15) is 9.90 Å². The Hall–Kier alpha value is -1.62. The summed E-state index contributed by atoms with van der Waals surface area (Å²) < 4.78 is 5.23. The van der Waals surface area contributed by atoms with E-state index in [-0.39, 0.29) is 35.1 Å². The van der Waals surface area contributed by atoms with Gasteiger partial charge in [-0.2, -0.15) is 0 Å². The predicted octanol–water partition coefficient (Wildman–Crippen LogP) is -1.16. The molecule has 0 saturated carbocycles. The Morgan fingerprint density at radius 2 is 1.95 bits per heavy atom. The molecule has 0 bridgehead atoms. The molecule has 5 heteroatoms. The van der Waals surface area contributed by atoms with Crippen molar-refractivity contribution in [1.29, 1.82) is 0 Å². The summed E-state index contributed by atoms with van der Waals surface area (Å²) in [6.07, 6.45) is 3.99. The minimum absolute atomic E-state index is 0. The Morgan fingerprint density at radius 3 is 2.55 bits per heavy atom. The van der Waals surface area contributed by atoms with Gasteiger partial charge in [0.1, 0.15) is 0 Å². The van der Waals surface area contributed by atoms with Gasteiger partial charge in [-0.3, -0.25) is 0 Å². The molecule has 2 aromatic rings. The van der Waals surface area contributed by atoms with E-state index in [0.717, 1.165) is 16.7 Å². The van der Waals surface area contributed by atoms with E-state index in [0.29, 0.717) is 12.3 Å². The number of aromatic nitrogens is 1. The van der Waals surface area contributed by atoms with Crippen LogP contribution in [0.2, 0.25) is 0 Å². The van der Waals surface area contributed by atoms with E-state index in [4.69, 9.17) is 4.74 Å². The number of ether oxygens (including phenoxy) is 1. The van der Waals surface area contributed by atoms with E-state index in [2.05, 4.69) is 4.98 Å². The van der Waals surface area contributed by atoms with Gasteiger partial charge in [0, 0.05) is 18.2 Å². The molecule has 1 aromatic carbocycles. The number of methoxy groups -OCH3 is 1. The maximum atomic E-state index is 10.7. The molecule has 22 heavy (non-hydrogen) atoms. The van der Waals surface area contributed by atoms with Crippen molar-refractivity contribution in [2.24, 2.45) is 0 Å². The molecule has 4 nitrogen and oxygen atoms in total. The van der Waals surface area contributed by atoms with E-state index in [1.807, 2.05) is 36.4 Å². The molecule has 0 aliphatic carbocycles. The summed E-state index contributed by atoms with van der Waals surface area (Å²) >= 11 is 0. The number of carboxylic acids is 1. The summed E-state index contributed by atoms with van der Waals surface area (Å²) in [4.78, 5) is 14.8. The maximum absolute atomic E-state index is 10.7. The van der Waals surface area contributed by atoms with Gasteiger partial charge < -0.3 is 14.6 Å². The first kappa shape index (κ1) is 18.4. The fourth-order valence-corrected chi connectivity index (χ4v) is 2.00. The average molecular weight is 305 g/mol. The first-order chi connectivity index (χ1) is 10.1. The monoisotopic (exact) mass is 305 g/mol. The number of carboxylic acid groups (broad SMARTS) is 1. The number of carbonyl (C=O) groups is 1. The number of aliphatic carboxylic acids is 1. The number of pyridine rings is 1. The Balaban J connectivity index is 0.00000242. The van der Waals surface area contributed by atoms with Crippen LogP contribution in [-0.4, -0.2) is 18.1 Å². The van der Waals surface area contributed by atoms with Crippen molar-refractivity contribution in [3.63, 3.8) is 0 Å². The third-order valence-corrected chi connectivity index (χ3v) is 3.12. The largest absolute Gasteiger partial charge is 1.00 e. The molecule has 0 saturated heterocycles. The van der Waals surface area contributed by atoms with Gasteiger partial charge in [-0.1, -0.05) is 36.4 Å². The predicted molar refractivity (Wildman–Crippen MR) is 78.7 cm³/mol. The molecule has 1 aromatic heterocycles. The van der Waals surface area contributed by atoms with Gasteiger partial charge in [-0.25, -0.2) is 4.98 Å². The van der Waals surface area contributed by atoms with Crippen molar-refractivity contribution in [2.75, 3.05) is 7.11 Å². The standard InChI is InChI=1S/C17H17NO3.Na/c1-12(17(19)20)10-13-5-7-14(8-6-13)11-15-4-3-9-18-16(15)21-2;/h3-10H,11H2,1-2H3,(H,19,20);/q;+1/p-1. The second kappa shape index (κ2) is 8.73. The Morgan fingerprint density at radius 1 is 1.27 bits per heavy atom. The average Bonchev–Trinajstić information content (AvgIpc) is 2.49. The Bertz CT molecular complexity index is 666. The van der Waals surface area contributed by atoms with E-state index < -0.39 is 5.97 Å². The van der Waals surface area contributed by atoms with Crippen LogP contribution < -0.4 is 39.4 Å². The van der Waals surface area contributed by atoms with Crippen LogP contribution in [0.4, 0.5) is 0 Å². The number of rotatable bonds is 5. The van der Waals surface area contributed by atoms with Gasteiger partial charge in [0.25, 0.3) is 0 Å². The minimum Gasteiger partial charge on any atom is -0.545 e. The normalized spacial score (nSPS) is 10.7. The van der Waals surface area contributed by atoms with Crippen LogP contribution in [0.25, 0.3) is 6.08 Å². The first-order valence-electron chi connectivity index (χ1n) is 6.56. The topological polar surface area (TPSA) is 62.2 Å². The van der Waals surface area contributed by atoms with Crippen LogP contribution in [0.3, 0.4) is 0 Å². The number of hydrogen-bond donors (Lipinski definition) is 0. The molecule has 108 valence electrons. The number of hydrogen-bond acceptors (Lipinski definition) is 4. The smallest absolute Gasteiger partial charge is 0.545 e. The summed E-state index contributed by atoms with van der Waals surface area (Å²) in [5.41, 5.74) is 3.15. The molecule has 0 spiro atoms. The molecule has 0 N–H and O–H groups in total. The molecule has 0 aliphatic heterocycles. The zero-order valence-electron chi connectivity index (χ0n) is 13.0. The molecular formula is C17H16NNaO3. The third-order valence-electron chi connectivity index (χ3n) is 3.12. The van der Waals surface area contributed by atoms with Crippen molar-refractivity contribution < 1.29 is 44.2 Å². The van der Waals surface area contributed by atoms with E-state index in [1.165, 1.54) is 6.92 Å². The molecule has 2 rings (SSSR count). The maximum Gasteiger partial charge on any atom is 1.00 e. The van der Waals surface area contributed by atoms with Crippen LogP contribution in [-0.2, 0) is 11.2 Å². The Kier molecular flexibility index (Phi) is 7.32. The molecule has 0 atom stereocenters. The molecule has 0 fully saturated rings. The van der Waals surface area contributed by atoms with Crippen LogP contribution in [0.1, 0.15) is 23.6 Å². The molecular weight excluding hydrogens is 289 g/mol. The quantitative estimate of drug-likeness (QED) is 0.516. The van der Waals surface area contributed by atoms with Crippen molar-refractivity contribution in [1.82, 2.24) is 4.98 Å². The number of benzene rings is 1. The summed E-state index contributed by atoms with van der Waals surface area (Å²) in [6.45, 7) is 1.52. The zero-order chi connectivity index (χ0) is 15.2. The summed E-state index contributed by atoms with van der Waals surface area (Å²) in [5.74, 6) is -0.534. The third kappa shape index (κ3) is 4.98. The van der Waals surface area contributed by atoms with Crippen LogP contribution in [0, 0.1) is 0 Å². The SMILES string of the molecule is COc1ncccc1Cc1ccc(C=C(C)C(=O)[O-])cc1.[Na+]. The fourth-order valence-electron chi connectivity index (χ4n) is 2.00. The molecule has 1 heterocycles. The van der Waals surface area contributed by atoms with Crippen LogP contribution >= 0.6 is 0 Å². The number of nitrogens with zero attached hydrogens (tertiary/aromatic N) is 1. The summed E-state index contributed by atoms with van der Waals surface area (Å²) in [5, 5.41) is 10.7. The van der Waals surface area contributed by atoms with Gasteiger partial charge in [0.2, 0.25) is 5.88 Å². The van der Waals surface area contributed by atoms with Gasteiger partial charge >= 0.3 is 29.6 Å². The van der Waals surface area contributed by atoms with Gasteiger partial charge in [-0.15, -0.1) is 0 Å². The second-order valence-corrected chi connectivity index (χ2v) is 4.70. The summed E-state index contributed by atoms with van der Waals surface area (Å²) in [6, 6.07) is 11.5. The first-order valence-corrected chi connectivity index (χ1v) is 6.56. The van der Waals surface area contributed by atoms with Gasteiger partial charge in [-0.05, 0) is 29.7 Å². The van der Waals surface area contributed by atoms with Gasteiger partial charge in [0.05, 0.1) is 13.1 Å².